The van der Waals surface area contributed by atoms with Crippen molar-refractivity contribution < 1.29 is 10.2 Å². The second kappa shape index (κ2) is 6.23. The molecule has 1 aromatic carbocycles. The molecule has 2 nitrogen and oxygen atoms in total. The van der Waals surface area contributed by atoms with Crippen LogP contribution in [0.5, 0.6) is 0 Å². The van der Waals surface area contributed by atoms with Crippen molar-refractivity contribution in [1.29, 1.82) is 0 Å². The number of aliphatic hydroxyl groups is 2. The van der Waals surface area contributed by atoms with E-state index in [2.05, 4.69) is 18.7 Å². The summed E-state index contributed by atoms with van der Waals surface area (Å²) in [5, 5.41) is 20.3. The standard InChI is InChI=1S/C16H22O2Se/c1-12(2)13-8-9-16(11-17,15(18)10-13)19-14-6-4-3-5-7-14/h3-7,13,15,17-18H,1,8-11H2,2H3/t13-,15?,16?/m1/s1. The van der Waals surface area contributed by atoms with Gasteiger partial charge in [-0.2, -0.15) is 0 Å². The summed E-state index contributed by atoms with van der Waals surface area (Å²) in [6, 6.07) is 10.2. The Morgan fingerprint density at radius 1 is 1.42 bits per heavy atom. The number of benzene rings is 1. The molecular weight excluding hydrogens is 303 g/mol. The minimum atomic E-state index is -0.423. The van der Waals surface area contributed by atoms with Gasteiger partial charge in [0, 0.05) is 0 Å². The molecule has 2 unspecified atom stereocenters. The monoisotopic (exact) mass is 326 g/mol. The Labute approximate surface area is 121 Å². The fourth-order valence-electron chi connectivity index (χ4n) is 2.69. The predicted octanol–water partition coefficient (Wildman–Crippen LogP) is 1.90. The summed E-state index contributed by atoms with van der Waals surface area (Å²) in [6.07, 6.45) is 2.23. The van der Waals surface area contributed by atoms with Gasteiger partial charge in [-0.3, -0.25) is 0 Å². The van der Waals surface area contributed by atoms with Crippen molar-refractivity contribution in [1.82, 2.24) is 0 Å². The Balaban J connectivity index is 2.13. The number of hydrogen-bond donors (Lipinski definition) is 2. The molecular formula is C16H22O2Se. The fraction of sp³-hybridized carbons (Fsp3) is 0.500. The van der Waals surface area contributed by atoms with Gasteiger partial charge in [0.2, 0.25) is 0 Å². The van der Waals surface area contributed by atoms with Crippen molar-refractivity contribution >= 4 is 19.4 Å². The molecule has 0 amide bonds. The van der Waals surface area contributed by atoms with E-state index < -0.39 is 6.10 Å². The Morgan fingerprint density at radius 2 is 2.11 bits per heavy atom. The summed E-state index contributed by atoms with van der Waals surface area (Å²) in [4.78, 5) is 0. The van der Waals surface area contributed by atoms with E-state index in [4.69, 9.17) is 0 Å². The van der Waals surface area contributed by atoms with Crippen LogP contribution in [0.2, 0.25) is 4.31 Å². The van der Waals surface area contributed by atoms with Crippen LogP contribution < -0.4 is 4.46 Å². The average Bonchev–Trinajstić information content (AvgIpc) is 2.42. The molecule has 2 N–H and O–H groups in total. The maximum atomic E-state index is 10.5. The van der Waals surface area contributed by atoms with E-state index in [0.717, 1.165) is 24.8 Å². The van der Waals surface area contributed by atoms with Gasteiger partial charge in [0.25, 0.3) is 0 Å². The van der Waals surface area contributed by atoms with Crippen LogP contribution in [0.25, 0.3) is 0 Å². The molecule has 1 saturated carbocycles. The van der Waals surface area contributed by atoms with E-state index in [1.807, 2.05) is 25.1 Å². The number of allylic oxidation sites excluding steroid dienone is 1. The van der Waals surface area contributed by atoms with Gasteiger partial charge in [0.15, 0.2) is 0 Å². The van der Waals surface area contributed by atoms with Crippen LogP contribution in [-0.2, 0) is 0 Å². The van der Waals surface area contributed by atoms with Gasteiger partial charge in [0.1, 0.15) is 0 Å². The Kier molecular flexibility index (Phi) is 4.86. The summed E-state index contributed by atoms with van der Waals surface area (Å²) in [7, 11) is 0. The molecule has 1 aliphatic rings. The molecule has 104 valence electrons. The van der Waals surface area contributed by atoms with Crippen LogP contribution in [0.1, 0.15) is 26.2 Å². The van der Waals surface area contributed by atoms with Crippen molar-refractivity contribution in [2.24, 2.45) is 5.92 Å². The van der Waals surface area contributed by atoms with E-state index in [1.165, 1.54) is 4.46 Å². The molecule has 0 radical (unpaired) electrons. The van der Waals surface area contributed by atoms with E-state index in [0.29, 0.717) is 5.92 Å². The third-order valence-corrected chi connectivity index (χ3v) is 7.25. The van der Waals surface area contributed by atoms with Gasteiger partial charge in [-0.1, -0.05) is 0 Å². The Bertz CT molecular complexity index is 432. The second-order valence-electron chi connectivity index (χ2n) is 5.47. The molecule has 19 heavy (non-hydrogen) atoms. The zero-order valence-electron chi connectivity index (χ0n) is 11.4. The van der Waals surface area contributed by atoms with Crippen molar-refractivity contribution in [2.45, 2.75) is 36.6 Å². The third kappa shape index (κ3) is 3.29. The number of rotatable bonds is 4. The van der Waals surface area contributed by atoms with Gasteiger partial charge in [-0.25, -0.2) is 0 Å². The van der Waals surface area contributed by atoms with Gasteiger partial charge in [-0.05, 0) is 0 Å². The molecule has 2 rings (SSSR count). The van der Waals surface area contributed by atoms with E-state index in [1.54, 1.807) is 0 Å². The van der Waals surface area contributed by atoms with Crippen LogP contribution in [0.4, 0.5) is 0 Å². The van der Waals surface area contributed by atoms with Crippen LogP contribution in [0.15, 0.2) is 42.5 Å². The molecule has 3 atom stereocenters. The van der Waals surface area contributed by atoms with Crippen molar-refractivity contribution in [3.05, 3.63) is 42.5 Å². The third-order valence-electron chi connectivity index (χ3n) is 4.06. The SMILES string of the molecule is C=C(C)[C@@H]1CCC(CO)([Se]c2ccccc2)C(O)C1. The zero-order valence-corrected chi connectivity index (χ0v) is 13.1. The summed E-state index contributed by atoms with van der Waals surface area (Å²) in [5.41, 5.74) is 1.15. The molecule has 0 saturated heterocycles. The number of aliphatic hydroxyl groups excluding tert-OH is 2. The van der Waals surface area contributed by atoms with E-state index in [-0.39, 0.29) is 25.9 Å². The van der Waals surface area contributed by atoms with Gasteiger partial charge >= 0.3 is 121 Å². The topological polar surface area (TPSA) is 40.5 Å². The van der Waals surface area contributed by atoms with Crippen LogP contribution in [0.3, 0.4) is 0 Å². The molecule has 1 aliphatic carbocycles. The second-order valence-corrected chi connectivity index (χ2v) is 8.59. The normalized spacial score (nSPS) is 31.1. The van der Waals surface area contributed by atoms with Gasteiger partial charge in [0.05, 0.1) is 0 Å². The molecule has 1 aromatic rings. The zero-order chi connectivity index (χ0) is 13.9. The number of hydrogen-bond acceptors (Lipinski definition) is 2. The fourth-order valence-corrected chi connectivity index (χ4v) is 5.38. The van der Waals surface area contributed by atoms with Crippen molar-refractivity contribution in [2.75, 3.05) is 6.61 Å². The first kappa shape index (κ1) is 14.8. The molecule has 0 aliphatic heterocycles. The minimum absolute atomic E-state index is 0.0754. The van der Waals surface area contributed by atoms with Crippen molar-refractivity contribution in [3.63, 3.8) is 0 Å². The first-order chi connectivity index (χ1) is 9.07. The summed E-state index contributed by atoms with van der Waals surface area (Å²) < 4.78 is 0.928. The Hall–Kier alpha value is -0.601. The molecule has 3 heteroatoms. The van der Waals surface area contributed by atoms with Gasteiger partial charge in [-0.15, -0.1) is 0 Å². The van der Waals surface area contributed by atoms with E-state index >= 15 is 0 Å². The average molecular weight is 325 g/mol. The Morgan fingerprint density at radius 3 is 2.63 bits per heavy atom. The molecule has 1 fully saturated rings. The van der Waals surface area contributed by atoms with Crippen LogP contribution in [-0.4, -0.2) is 37.9 Å². The molecule has 0 heterocycles. The van der Waals surface area contributed by atoms with E-state index in [9.17, 15) is 10.2 Å². The van der Waals surface area contributed by atoms with Crippen LogP contribution >= 0.6 is 0 Å². The molecule has 0 aromatic heterocycles. The van der Waals surface area contributed by atoms with Gasteiger partial charge < -0.3 is 0 Å². The summed E-state index contributed by atoms with van der Waals surface area (Å²) in [5.74, 6) is 0.404. The van der Waals surface area contributed by atoms with Crippen LogP contribution in [0, 0.1) is 5.92 Å². The first-order valence-corrected chi connectivity index (χ1v) is 8.47. The molecule has 0 bridgehead atoms. The maximum absolute atomic E-state index is 10.5. The first-order valence-electron chi connectivity index (χ1n) is 6.76. The quantitative estimate of drug-likeness (QED) is 0.656. The summed E-state index contributed by atoms with van der Waals surface area (Å²) >= 11 is 0.0997. The predicted molar refractivity (Wildman–Crippen MR) is 79.8 cm³/mol. The summed E-state index contributed by atoms with van der Waals surface area (Å²) in [6.45, 7) is 6.11. The molecule has 0 spiro atoms. The van der Waals surface area contributed by atoms with Crippen molar-refractivity contribution in [3.8, 4) is 0 Å².